The first-order valence-electron chi connectivity index (χ1n) is 6.77. The van der Waals surface area contributed by atoms with Crippen LogP contribution in [0.15, 0.2) is 30.5 Å². The predicted octanol–water partition coefficient (Wildman–Crippen LogP) is 2.55. The molecular weight excluding hydrogens is 238 g/mol. The fraction of sp³-hybridized carbons (Fsp3) is 0.400. The summed E-state index contributed by atoms with van der Waals surface area (Å²) >= 11 is 0. The van der Waals surface area contributed by atoms with Crippen molar-refractivity contribution in [2.45, 2.75) is 18.8 Å². The minimum Gasteiger partial charge on any atom is -0.497 e. The van der Waals surface area contributed by atoms with Gasteiger partial charge in [-0.25, -0.2) is 0 Å². The fourth-order valence-corrected chi connectivity index (χ4v) is 2.73. The van der Waals surface area contributed by atoms with Gasteiger partial charge in [-0.15, -0.1) is 0 Å². The fourth-order valence-electron chi connectivity index (χ4n) is 2.73. The highest BCUT2D eigenvalue weighted by Gasteiger charge is 2.20. The van der Waals surface area contributed by atoms with E-state index in [1.54, 1.807) is 7.11 Å². The Hall–Kier alpha value is -1.81. The third-order valence-electron chi connectivity index (χ3n) is 3.75. The monoisotopic (exact) mass is 257 g/mol. The molecule has 0 bridgehead atoms. The summed E-state index contributed by atoms with van der Waals surface area (Å²) in [5, 5.41) is 10.9. The number of piperidine rings is 1. The molecule has 1 saturated heterocycles. The van der Waals surface area contributed by atoms with Gasteiger partial charge in [-0.3, -0.25) is 5.10 Å². The van der Waals surface area contributed by atoms with Gasteiger partial charge in [-0.2, -0.15) is 5.10 Å². The van der Waals surface area contributed by atoms with Gasteiger partial charge in [0.05, 0.1) is 13.3 Å². The lowest BCUT2D eigenvalue weighted by atomic mass is 9.91. The van der Waals surface area contributed by atoms with Gasteiger partial charge >= 0.3 is 0 Å². The first-order valence-corrected chi connectivity index (χ1v) is 6.77. The van der Waals surface area contributed by atoms with E-state index in [-0.39, 0.29) is 0 Å². The highest BCUT2D eigenvalue weighted by Crippen LogP contribution is 2.32. The maximum absolute atomic E-state index is 5.30. The SMILES string of the molecule is COc1cccc(-c2cn[nH]c2C2CCCNC2)c1. The number of aromatic nitrogens is 2. The zero-order valence-electron chi connectivity index (χ0n) is 11.1. The van der Waals surface area contributed by atoms with E-state index >= 15 is 0 Å². The van der Waals surface area contributed by atoms with Crippen molar-refractivity contribution >= 4 is 0 Å². The predicted molar refractivity (Wildman–Crippen MR) is 75.4 cm³/mol. The van der Waals surface area contributed by atoms with Crippen LogP contribution in [0.5, 0.6) is 5.75 Å². The number of benzene rings is 1. The maximum Gasteiger partial charge on any atom is 0.119 e. The molecule has 1 unspecified atom stereocenters. The van der Waals surface area contributed by atoms with Crippen molar-refractivity contribution in [3.8, 4) is 16.9 Å². The third kappa shape index (κ3) is 2.49. The summed E-state index contributed by atoms with van der Waals surface area (Å²) < 4.78 is 5.30. The quantitative estimate of drug-likeness (QED) is 0.888. The molecule has 1 aliphatic heterocycles. The van der Waals surface area contributed by atoms with E-state index in [0.717, 1.165) is 24.4 Å². The number of nitrogens with zero attached hydrogens (tertiary/aromatic N) is 1. The molecule has 0 spiro atoms. The second-order valence-electron chi connectivity index (χ2n) is 4.97. The van der Waals surface area contributed by atoms with Crippen molar-refractivity contribution in [1.29, 1.82) is 0 Å². The van der Waals surface area contributed by atoms with E-state index in [2.05, 4.69) is 27.6 Å². The van der Waals surface area contributed by atoms with Gasteiger partial charge in [0.2, 0.25) is 0 Å². The van der Waals surface area contributed by atoms with Crippen LogP contribution in [0.4, 0.5) is 0 Å². The summed E-state index contributed by atoms with van der Waals surface area (Å²) in [5.41, 5.74) is 3.58. The van der Waals surface area contributed by atoms with Gasteiger partial charge in [-0.1, -0.05) is 12.1 Å². The van der Waals surface area contributed by atoms with E-state index in [1.807, 2.05) is 18.3 Å². The van der Waals surface area contributed by atoms with Gasteiger partial charge in [0.25, 0.3) is 0 Å². The number of hydrogen-bond acceptors (Lipinski definition) is 3. The minimum atomic E-state index is 0.525. The molecule has 1 fully saturated rings. The number of aromatic amines is 1. The number of H-pyrrole nitrogens is 1. The zero-order chi connectivity index (χ0) is 13.1. The number of nitrogens with one attached hydrogen (secondary N) is 2. The van der Waals surface area contributed by atoms with E-state index in [1.165, 1.54) is 24.1 Å². The summed E-state index contributed by atoms with van der Waals surface area (Å²) in [6, 6.07) is 8.15. The van der Waals surface area contributed by atoms with Gasteiger partial charge in [0.1, 0.15) is 5.75 Å². The Balaban J connectivity index is 1.94. The van der Waals surface area contributed by atoms with Crippen LogP contribution < -0.4 is 10.1 Å². The first kappa shape index (κ1) is 12.2. The molecule has 1 aliphatic rings. The standard InChI is InChI=1S/C15H19N3O/c1-19-13-6-2-4-11(8-13)14-10-17-18-15(14)12-5-3-7-16-9-12/h2,4,6,8,10,12,16H,3,5,7,9H2,1H3,(H,17,18). The van der Waals surface area contributed by atoms with Crippen molar-refractivity contribution in [3.63, 3.8) is 0 Å². The van der Waals surface area contributed by atoms with E-state index in [4.69, 9.17) is 4.74 Å². The molecule has 1 aromatic carbocycles. The Morgan fingerprint density at radius 1 is 1.37 bits per heavy atom. The van der Waals surface area contributed by atoms with Crippen LogP contribution in [0.25, 0.3) is 11.1 Å². The molecule has 4 heteroatoms. The lowest BCUT2D eigenvalue weighted by Gasteiger charge is -2.22. The Bertz CT molecular complexity index is 544. The molecule has 0 radical (unpaired) electrons. The number of ether oxygens (including phenoxy) is 1. The highest BCUT2D eigenvalue weighted by molar-refractivity contribution is 5.67. The van der Waals surface area contributed by atoms with Gasteiger partial charge in [0.15, 0.2) is 0 Å². The normalized spacial score (nSPS) is 19.3. The minimum absolute atomic E-state index is 0.525. The van der Waals surface area contributed by atoms with Gasteiger partial charge < -0.3 is 10.1 Å². The van der Waals surface area contributed by atoms with Crippen LogP contribution >= 0.6 is 0 Å². The Kier molecular flexibility index (Phi) is 3.51. The molecule has 3 rings (SSSR count). The molecule has 1 atom stereocenters. The average molecular weight is 257 g/mol. The molecule has 0 amide bonds. The molecule has 19 heavy (non-hydrogen) atoms. The van der Waals surface area contributed by atoms with Gasteiger partial charge in [-0.05, 0) is 37.1 Å². The van der Waals surface area contributed by atoms with Crippen molar-refractivity contribution in [2.24, 2.45) is 0 Å². The number of rotatable bonds is 3. The molecule has 1 aromatic heterocycles. The van der Waals surface area contributed by atoms with E-state index in [9.17, 15) is 0 Å². The Labute approximate surface area is 113 Å². The smallest absolute Gasteiger partial charge is 0.119 e. The molecule has 2 aromatic rings. The number of hydrogen-bond donors (Lipinski definition) is 2. The summed E-state index contributed by atoms with van der Waals surface area (Å²) in [5.74, 6) is 1.41. The van der Waals surface area contributed by atoms with Crippen molar-refractivity contribution in [2.75, 3.05) is 20.2 Å². The largest absolute Gasteiger partial charge is 0.497 e. The summed E-state index contributed by atoms with van der Waals surface area (Å²) in [6.45, 7) is 2.15. The average Bonchev–Trinajstić information content (AvgIpc) is 2.98. The first-order chi connectivity index (χ1) is 9.38. The summed E-state index contributed by atoms with van der Waals surface area (Å²) in [6.07, 6.45) is 4.35. The lowest BCUT2D eigenvalue weighted by Crippen LogP contribution is -2.28. The summed E-state index contributed by atoms with van der Waals surface area (Å²) in [7, 11) is 1.69. The van der Waals surface area contributed by atoms with E-state index < -0.39 is 0 Å². The molecular formula is C15H19N3O. The second-order valence-corrected chi connectivity index (χ2v) is 4.97. The third-order valence-corrected chi connectivity index (χ3v) is 3.75. The van der Waals surface area contributed by atoms with Crippen LogP contribution in [0.3, 0.4) is 0 Å². The number of methoxy groups -OCH3 is 1. The Morgan fingerprint density at radius 2 is 2.32 bits per heavy atom. The summed E-state index contributed by atoms with van der Waals surface area (Å²) in [4.78, 5) is 0. The van der Waals surface area contributed by atoms with Crippen LogP contribution in [0.1, 0.15) is 24.5 Å². The molecule has 4 nitrogen and oxygen atoms in total. The van der Waals surface area contributed by atoms with Crippen LogP contribution in [0.2, 0.25) is 0 Å². The van der Waals surface area contributed by atoms with Crippen molar-refractivity contribution in [3.05, 3.63) is 36.2 Å². The van der Waals surface area contributed by atoms with Crippen molar-refractivity contribution in [1.82, 2.24) is 15.5 Å². The topological polar surface area (TPSA) is 49.9 Å². The molecule has 0 saturated carbocycles. The molecule has 2 heterocycles. The second kappa shape index (κ2) is 5.45. The van der Waals surface area contributed by atoms with E-state index in [0.29, 0.717) is 5.92 Å². The molecule has 2 N–H and O–H groups in total. The molecule has 100 valence electrons. The van der Waals surface area contributed by atoms with Gasteiger partial charge in [0, 0.05) is 23.7 Å². The highest BCUT2D eigenvalue weighted by atomic mass is 16.5. The zero-order valence-corrected chi connectivity index (χ0v) is 11.1. The maximum atomic E-state index is 5.30. The van der Waals surface area contributed by atoms with Crippen LogP contribution in [0, 0.1) is 0 Å². The Morgan fingerprint density at radius 3 is 3.11 bits per heavy atom. The molecule has 0 aliphatic carbocycles. The lowest BCUT2D eigenvalue weighted by molar-refractivity contribution is 0.415. The van der Waals surface area contributed by atoms with Crippen LogP contribution in [-0.2, 0) is 0 Å². The van der Waals surface area contributed by atoms with Crippen LogP contribution in [-0.4, -0.2) is 30.4 Å². The van der Waals surface area contributed by atoms with Crippen molar-refractivity contribution < 1.29 is 4.74 Å².